The number of likely N-dealkylation sites (N-methyl/N-ethyl adjacent to an activating group) is 1. The molecule has 2 nitrogen and oxygen atoms in total. The Morgan fingerprint density at radius 1 is 1.26 bits per heavy atom. The molecule has 0 saturated carbocycles. The third kappa shape index (κ3) is 3.77. The molecule has 0 radical (unpaired) electrons. The Hall–Kier alpha value is -0.930. The van der Waals surface area contributed by atoms with Crippen LogP contribution in [0.1, 0.15) is 39.7 Å². The molecule has 0 bridgehead atoms. The van der Waals surface area contributed by atoms with E-state index in [-0.39, 0.29) is 11.4 Å². The van der Waals surface area contributed by atoms with E-state index in [2.05, 4.69) is 32.6 Å². The summed E-state index contributed by atoms with van der Waals surface area (Å²) in [5.74, 6) is -0.245. The number of rotatable bonds is 7. The van der Waals surface area contributed by atoms with Crippen molar-refractivity contribution in [2.45, 2.75) is 52.2 Å². The number of halogens is 1. The zero-order valence-corrected chi connectivity index (χ0v) is 12.5. The topological polar surface area (TPSA) is 23.5 Å². The number of hydrogen-bond donors (Lipinski definition) is 1. The minimum absolute atomic E-state index is 0.245. The normalized spacial score (nSPS) is 16.4. The molecule has 0 fully saturated rings. The number of benzene rings is 1. The minimum Gasteiger partial charge on any atom is -0.391 e. The van der Waals surface area contributed by atoms with Gasteiger partial charge in [0.05, 0.1) is 6.10 Å². The Labute approximate surface area is 116 Å². The molecule has 1 aromatic carbocycles. The molecule has 0 spiro atoms. The highest BCUT2D eigenvalue weighted by atomic mass is 19.1. The van der Waals surface area contributed by atoms with Crippen molar-refractivity contribution in [3.05, 3.63) is 35.6 Å². The van der Waals surface area contributed by atoms with Crippen molar-refractivity contribution >= 4 is 0 Å². The zero-order valence-electron chi connectivity index (χ0n) is 12.5. The number of hydrogen-bond acceptors (Lipinski definition) is 2. The first-order valence-electron chi connectivity index (χ1n) is 7.15. The Morgan fingerprint density at radius 2 is 1.89 bits per heavy atom. The molecule has 0 heterocycles. The molecule has 0 aliphatic rings. The van der Waals surface area contributed by atoms with Gasteiger partial charge in [0.1, 0.15) is 5.82 Å². The van der Waals surface area contributed by atoms with Gasteiger partial charge in [0.15, 0.2) is 0 Å². The lowest BCUT2D eigenvalue weighted by atomic mass is 9.85. The summed E-state index contributed by atoms with van der Waals surface area (Å²) >= 11 is 0. The third-order valence-electron chi connectivity index (χ3n) is 4.24. The van der Waals surface area contributed by atoms with E-state index in [1.165, 1.54) is 12.1 Å². The Morgan fingerprint density at radius 3 is 2.37 bits per heavy atom. The van der Waals surface area contributed by atoms with E-state index in [1.807, 2.05) is 6.07 Å². The number of aliphatic hydroxyl groups is 1. The second-order valence-corrected chi connectivity index (χ2v) is 5.23. The molecule has 108 valence electrons. The summed E-state index contributed by atoms with van der Waals surface area (Å²) in [5.41, 5.74) is 0.579. The molecule has 1 rings (SSSR count). The standard InChI is InChI=1S/C16H26FNO/c1-5-16(4,18(6-2)7-3)15(19)12-13-9-8-10-14(17)11-13/h8-11,15,19H,5-7,12H2,1-4H3. The summed E-state index contributed by atoms with van der Waals surface area (Å²) in [6.07, 6.45) is 0.850. The van der Waals surface area contributed by atoms with Gasteiger partial charge in [0, 0.05) is 12.0 Å². The maximum absolute atomic E-state index is 13.2. The molecule has 0 aromatic heterocycles. The Balaban J connectivity index is 2.87. The van der Waals surface area contributed by atoms with Crippen molar-refractivity contribution in [2.24, 2.45) is 0 Å². The molecule has 0 amide bonds. The SMILES string of the molecule is CCN(CC)C(C)(CC)C(O)Cc1cccc(F)c1. The van der Waals surface area contributed by atoms with Crippen LogP contribution in [0, 0.1) is 5.82 Å². The van der Waals surface area contributed by atoms with Gasteiger partial charge in [-0.3, -0.25) is 4.90 Å². The van der Waals surface area contributed by atoms with Gasteiger partial charge in [0.25, 0.3) is 0 Å². The highest BCUT2D eigenvalue weighted by Crippen LogP contribution is 2.26. The quantitative estimate of drug-likeness (QED) is 0.820. The molecule has 2 atom stereocenters. The van der Waals surface area contributed by atoms with E-state index in [4.69, 9.17) is 0 Å². The lowest BCUT2D eigenvalue weighted by Gasteiger charge is -2.43. The molecule has 0 aliphatic heterocycles. The summed E-state index contributed by atoms with van der Waals surface area (Å²) < 4.78 is 13.2. The molecule has 1 N–H and O–H groups in total. The molecule has 0 saturated heterocycles. The molecule has 19 heavy (non-hydrogen) atoms. The van der Waals surface area contributed by atoms with Crippen molar-refractivity contribution in [3.63, 3.8) is 0 Å². The molecule has 3 heteroatoms. The first-order chi connectivity index (χ1) is 8.97. The molecule has 2 unspecified atom stereocenters. The van der Waals surface area contributed by atoms with Gasteiger partial charge in [-0.15, -0.1) is 0 Å². The van der Waals surface area contributed by atoms with Crippen molar-refractivity contribution in [1.82, 2.24) is 4.90 Å². The smallest absolute Gasteiger partial charge is 0.123 e. The summed E-state index contributed by atoms with van der Waals surface area (Å²) in [6.45, 7) is 10.2. The predicted molar refractivity (Wildman–Crippen MR) is 77.7 cm³/mol. The van der Waals surface area contributed by atoms with Gasteiger partial charge in [0.2, 0.25) is 0 Å². The van der Waals surface area contributed by atoms with Crippen molar-refractivity contribution in [2.75, 3.05) is 13.1 Å². The average Bonchev–Trinajstić information content (AvgIpc) is 2.39. The number of nitrogens with zero attached hydrogens (tertiary/aromatic N) is 1. The largest absolute Gasteiger partial charge is 0.391 e. The van der Waals surface area contributed by atoms with Gasteiger partial charge < -0.3 is 5.11 Å². The van der Waals surface area contributed by atoms with E-state index in [0.29, 0.717) is 6.42 Å². The van der Waals surface area contributed by atoms with Gasteiger partial charge in [-0.25, -0.2) is 4.39 Å². The zero-order chi connectivity index (χ0) is 14.5. The van der Waals surface area contributed by atoms with Gasteiger partial charge in [-0.1, -0.05) is 32.9 Å². The van der Waals surface area contributed by atoms with Crippen LogP contribution in [0.5, 0.6) is 0 Å². The van der Waals surface area contributed by atoms with Crippen LogP contribution in [-0.2, 0) is 6.42 Å². The van der Waals surface area contributed by atoms with Crippen LogP contribution in [0.15, 0.2) is 24.3 Å². The monoisotopic (exact) mass is 267 g/mol. The van der Waals surface area contributed by atoms with Crippen LogP contribution >= 0.6 is 0 Å². The van der Waals surface area contributed by atoms with Gasteiger partial charge >= 0.3 is 0 Å². The van der Waals surface area contributed by atoms with E-state index < -0.39 is 6.10 Å². The highest BCUT2D eigenvalue weighted by Gasteiger charge is 2.35. The first kappa shape index (κ1) is 16.1. The molecular formula is C16H26FNO. The fourth-order valence-corrected chi connectivity index (χ4v) is 2.72. The van der Waals surface area contributed by atoms with Crippen LogP contribution in [-0.4, -0.2) is 34.7 Å². The molecular weight excluding hydrogens is 241 g/mol. The van der Waals surface area contributed by atoms with Crippen LogP contribution < -0.4 is 0 Å². The average molecular weight is 267 g/mol. The highest BCUT2D eigenvalue weighted by molar-refractivity contribution is 5.18. The van der Waals surface area contributed by atoms with E-state index >= 15 is 0 Å². The van der Waals surface area contributed by atoms with Crippen molar-refractivity contribution in [1.29, 1.82) is 0 Å². The van der Waals surface area contributed by atoms with Gasteiger partial charge in [-0.05, 0) is 44.1 Å². The fraction of sp³-hybridized carbons (Fsp3) is 0.625. The third-order valence-corrected chi connectivity index (χ3v) is 4.24. The second-order valence-electron chi connectivity index (χ2n) is 5.23. The minimum atomic E-state index is -0.501. The summed E-state index contributed by atoms with van der Waals surface area (Å²) in [6, 6.07) is 6.49. The lowest BCUT2D eigenvalue weighted by molar-refractivity contribution is -0.0190. The van der Waals surface area contributed by atoms with Crippen LogP contribution in [0.3, 0.4) is 0 Å². The van der Waals surface area contributed by atoms with E-state index in [9.17, 15) is 9.50 Å². The molecule has 0 aliphatic carbocycles. The summed E-state index contributed by atoms with van der Waals surface area (Å²) in [4.78, 5) is 2.27. The predicted octanol–water partition coefficient (Wildman–Crippen LogP) is 3.24. The summed E-state index contributed by atoms with van der Waals surface area (Å²) in [5, 5.41) is 10.6. The van der Waals surface area contributed by atoms with Crippen molar-refractivity contribution < 1.29 is 9.50 Å². The lowest BCUT2D eigenvalue weighted by Crippen LogP contribution is -2.54. The van der Waals surface area contributed by atoms with E-state index in [1.54, 1.807) is 6.07 Å². The first-order valence-corrected chi connectivity index (χ1v) is 7.15. The van der Waals surface area contributed by atoms with Crippen LogP contribution in [0.4, 0.5) is 4.39 Å². The Bertz CT molecular complexity index is 392. The van der Waals surface area contributed by atoms with Crippen molar-refractivity contribution in [3.8, 4) is 0 Å². The molecule has 1 aromatic rings. The van der Waals surface area contributed by atoms with Crippen LogP contribution in [0.25, 0.3) is 0 Å². The van der Waals surface area contributed by atoms with Crippen LogP contribution in [0.2, 0.25) is 0 Å². The number of aliphatic hydroxyl groups excluding tert-OH is 1. The Kier molecular flexibility index (Phi) is 5.95. The summed E-state index contributed by atoms with van der Waals surface area (Å²) in [7, 11) is 0. The maximum Gasteiger partial charge on any atom is 0.123 e. The van der Waals surface area contributed by atoms with Gasteiger partial charge in [-0.2, -0.15) is 0 Å². The fourth-order valence-electron chi connectivity index (χ4n) is 2.72. The second kappa shape index (κ2) is 7.01. The van der Waals surface area contributed by atoms with E-state index in [0.717, 1.165) is 25.1 Å². The maximum atomic E-state index is 13.2.